The zero-order valence-corrected chi connectivity index (χ0v) is 13.6. The molecular weight excluding hydrogens is 351 g/mol. The van der Waals surface area contributed by atoms with Gasteiger partial charge in [0.25, 0.3) is 0 Å². The molecule has 1 aromatic carbocycles. The van der Waals surface area contributed by atoms with Crippen LogP contribution in [-0.4, -0.2) is 39.1 Å². The van der Waals surface area contributed by atoms with Crippen LogP contribution >= 0.6 is 15.9 Å². The maximum absolute atomic E-state index is 12.1. The third kappa shape index (κ3) is 7.15. The average molecular weight is 370 g/mol. The van der Waals surface area contributed by atoms with E-state index >= 15 is 0 Å². The summed E-state index contributed by atoms with van der Waals surface area (Å²) in [5, 5.41) is 3.13. The van der Waals surface area contributed by atoms with E-state index in [2.05, 4.69) is 21.2 Å². The predicted molar refractivity (Wildman–Crippen MR) is 78.7 cm³/mol. The van der Waals surface area contributed by atoms with Crippen molar-refractivity contribution < 1.29 is 22.6 Å². The van der Waals surface area contributed by atoms with Crippen LogP contribution in [0.4, 0.5) is 13.2 Å². The molecule has 1 rings (SSSR count). The van der Waals surface area contributed by atoms with Crippen molar-refractivity contribution in [2.24, 2.45) is 0 Å². The van der Waals surface area contributed by atoms with Gasteiger partial charge in [0, 0.05) is 10.5 Å². The molecule has 0 fully saturated rings. The van der Waals surface area contributed by atoms with Gasteiger partial charge in [-0.2, -0.15) is 13.2 Å². The van der Waals surface area contributed by atoms with Gasteiger partial charge in [-0.1, -0.05) is 22.9 Å². The van der Waals surface area contributed by atoms with Gasteiger partial charge in [-0.25, -0.2) is 0 Å². The molecule has 0 saturated heterocycles. The summed E-state index contributed by atoms with van der Waals surface area (Å²) in [6.45, 7) is 1.32. The summed E-state index contributed by atoms with van der Waals surface area (Å²) in [6.07, 6.45) is -3.75. The van der Waals surface area contributed by atoms with E-state index < -0.39 is 12.8 Å². The fourth-order valence-electron chi connectivity index (χ4n) is 1.90. The zero-order chi connectivity index (χ0) is 15.9. The third-order valence-electron chi connectivity index (χ3n) is 2.80. The summed E-state index contributed by atoms with van der Waals surface area (Å²) in [5.41, 5.74) is 0.955. The van der Waals surface area contributed by atoms with Crippen molar-refractivity contribution in [1.29, 1.82) is 0 Å². The minimum absolute atomic E-state index is 0.00298. The number of hydrogen-bond acceptors (Lipinski definition) is 3. The van der Waals surface area contributed by atoms with Gasteiger partial charge in [-0.3, -0.25) is 0 Å². The van der Waals surface area contributed by atoms with Crippen molar-refractivity contribution in [3.05, 3.63) is 28.2 Å². The Balaban J connectivity index is 2.65. The number of hydrogen-bond donors (Lipinski definition) is 1. The van der Waals surface area contributed by atoms with Crippen molar-refractivity contribution in [1.82, 2.24) is 5.32 Å². The first-order valence-electron chi connectivity index (χ1n) is 6.56. The molecule has 0 aliphatic heterocycles. The second-order valence-corrected chi connectivity index (χ2v) is 5.40. The molecular formula is C14H19BrF3NO2. The molecule has 1 aromatic rings. The molecule has 120 valence electrons. The van der Waals surface area contributed by atoms with E-state index in [0.717, 1.165) is 10.0 Å². The standard InChI is InChI=1S/C14H19BrF3NO2/c1-3-19-11(8-21-9-14(16,17)18)6-10-7-12(20-2)4-5-13(10)15/h4-5,7,11,19H,3,6,8-9H2,1-2H3. The number of ether oxygens (including phenoxy) is 2. The molecule has 7 heteroatoms. The maximum atomic E-state index is 12.1. The van der Waals surface area contributed by atoms with Gasteiger partial charge in [0.1, 0.15) is 12.4 Å². The Hall–Kier alpha value is -0.790. The minimum Gasteiger partial charge on any atom is -0.497 e. The number of rotatable bonds is 8. The molecule has 0 amide bonds. The first-order chi connectivity index (χ1) is 9.85. The second kappa shape index (κ2) is 8.60. The van der Waals surface area contributed by atoms with E-state index in [-0.39, 0.29) is 12.6 Å². The predicted octanol–water partition coefficient (Wildman–Crippen LogP) is 3.56. The molecule has 21 heavy (non-hydrogen) atoms. The molecule has 1 unspecified atom stereocenters. The Morgan fingerprint density at radius 1 is 1.33 bits per heavy atom. The number of nitrogens with one attached hydrogen (secondary N) is 1. The topological polar surface area (TPSA) is 30.5 Å². The van der Waals surface area contributed by atoms with Crippen molar-refractivity contribution in [3.63, 3.8) is 0 Å². The lowest BCUT2D eigenvalue weighted by Crippen LogP contribution is -2.36. The van der Waals surface area contributed by atoms with E-state index in [1.54, 1.807) is 7.11 Å². The van der Waals surface area contributed by atoms with Crippen LogP contribution in [0.15, 0.2) is 22.7 Å². The second-order valence-electron chi connectivity index (χ2n) is 4.55. The molecule has 3 nitrogen and oxygen atoms in total. The summed E-state index contributed by atoms with van der Waals surface area (Å²) in [4.78, 5) is 0. The average Bonchev–Trinajstić information content (AvgIpc) is 2.40. The monoisotopic (exact) mass is 369 g/mol. The van der Waals surface area contributed by atoms with Crippen molar-refractivity contribution in [2.45, 2.75) is 25.6 Å². The molecule has 0 radical (unpaired) electrons. The van der Waals surface area contributed by atoms with Crippen molar-refractivity contribution in [2.75, 3.05) is 26.9 Å². The normalized spacial score (nSPS) is 13.2. The molecule has 0 aromatic heterocycles. The summed E-state index contributed by atoms with van der Waals surface area (Å²) >= 11 is 3.44. The largest absolute Gasteiger partial charge is 0.497 e. The highest BCUT2D eigenvalue weighted by atomic mass is 79.9. The van der Waals surface area contributed by atoms with E-state index in [1.165, 1.54) is 0 Å². The lowest BCUT2D eigenvalue weighted by atomic mass is 10.1. The highest BCUT2D eigenvalue weighted by Crippen LogP contribution is 2.24. The summed E-state index contributed by atoms with van der Waals surface area (Å²) in [5.74, 6) is 0.708. The van der Waals surface area contributed by atoms with Crippen LogP contribution in [0.3, 0.4) is 0 Å². The molecule has 0 aliphatic rings. The molecule has 0 saturated carbocycles. The Bertz CT molecular complexity index is 441. The molecule has 1 atom stereocenters. The van der Waals surface area contributed by atoms with Crippen LogP contribution in [0.5, 0.6) is 5.75 Å². The van der Waals surface area contributed by atoms with Gasteiger partial charge in [0.2, 0.25) is 0 Å². The van der Waals surface area contributed by atoms with E-state index in [4.69, 9.17) is 9.47 Å². The number of benzene rings is 1. The first kappa shape index (κ1) is 18.3. The van der Waals surface area contributed by atoms with Gasteiger partial charge in [-0.15, -0.1) is 0 Å². The molecule has 0 aliphatic carbocycles. The summed E-state index contributed by atoms with van der Waals surface area (Å²) in [6, 6.07) is 5.34. The Labute approximate surface area is 130 Å². The van der Waals surface area contributed by atoms with Crippen LogP contribution in [0, 0.1) is 0 Å². The maximum Gasteiger partial charge on any atom is 0.411 e. The molecule has 1 N–H and O–H groups in total. The Kier molecular flexibility index (Phi) is 7.48. The van der Waals surface area contributed by atoms with E-state index in [9.17, 15) is 13.2 Å². The van der Waals surface area contributed by atoms with Gasteiger partial charge >= 0.3 is 6.18 Å². The van der Waals surface area contributed by atoms with Crippen molar-refractivity contribution in [3.8, 4) is 5.75 Å². The molecule has 0 bridgehead atoms. The minimum atomic E-state index is -4.30. The molecule has 0 spiro atoms. The van der Waals surface area contributed by atoms with Gasteiger partial charge < -0.3 is 14.8 Å². The number of alkyl halides is 3. The highest BCUT2D eigenvalue weighted by molar-refractivity contribution is 9.10. The van der Waals surface area contributed by atoms with Crippen molar-refractivity contribution >= 4 is 15.9 Å². The quantitative estimate of drug-likeness (QED) is 0.759. The summed E-state index contributed by atoms with van der Waals surface area (Å²) in [7, 11) is 1.57. The first-order valence-corrected chi connectivity index (χ1v) is 7.35. The van der Waals surface area contributed by atoms with E-state index in [1.807, 2.05) is 25.1 Å². The Morgan fingerprint density at radius 2 is 2.05 bits per heavy atom. The fraction of sp³-hybridized carbons (Fsp3) is 0.571. The van der Waals surface area contributed by atoms with Gasteiger partial charge in [-0.05, 0) is 36.7 Å². The smallest absolute Gasteiger partial charge is 0.411 e. The van der Waals surface area contributed by atoms with E-state index in [0.29, 0.717) is 18.7 Å². The number of halogens is 4. The van der Waals surface area contributed by atoms with Crippen LogP contribution in [0.25, 0.3) is 0 Å². The Morgan fingerprint density at radius 3 is 2.62 bits per heavy atom. The van der Waals surface area contributed by atoms with Crippen LogP contribution in [0.1, 0.15) is 12.5 Å². The third-order valence-corrected chi connectivity index (χ3v) is 3.57. The van der Waals surface area contributed by atoms with Gasteiger partial charge in [0.15, 0.2) is 0 Å². The lowest BCUT2D eigenvalue weighted by Gasteiger charge is -2.19. The van der Waals surface area contributed by atoms with Crippen LogP contribution in [-0.2, 0) is 11.2 Å². The molecule has 0 heterocycles. The number of methoxy groups -OCH3 is 1. The highest BCUT2D eigenvalue weighted by Gasteiger charge is 2.28. The lowest BCUT2D eigenvalue weighted by molar-refractivity contribution is -0.175. The van der Waals surface area contributed by atoms with Gasteiger partial charge in [0.05, 0.1) is 13.7 Å². The summed E-state index contributed by atoms with van der Waals surface area (Å²) < 4.78 is 47.1. The fourth-order valence-corrected chi connectivity index (χ4v) is 2.30. The zero-order valence-electron chi connectivity index (χ0n) is 12.0. The SMILES string of the molecule is CCNC(COCC(F)(F)F)Cc1cc(OC)ccc1Br. The van der Waals surface area contributed by atoms with Crippen LogP contribution < -0.4 is 10.1 Å². The van der Waals surface area contributed by atoms with Crippen LogP contribution in [0.2, 0.25) is 0 Å². The number of likely N-dealkylation sites (N-methyl/N-ethyl adjacent to an activating group) is 1.